The number of amides is 1. The van der Waals surface area contributed by atoms with Gasteiger partial charge in [0.25, 0.3) is 10.0 Å². The molecule has 29 heavy (non-hydrogen) atoms. The Morgan fingerprint density at radius 1 is 1.24 bits per heavy atom. The minimum Gasteiger partial charge on any atom is -0.492 e. The van der Waals surface area contributed by atoms with Crippen molar-refractivity contribution < 1.29 is 17.9 Å². The first kappa shape index (κ1) is 19.4. The normalized spacial score (nSPS) is 19.6. The highest BCUT2D eigenvalue weighted by Crippen LogP contribution is 2.31. The van der Waals surface area contributed by atoms with E-state index in [2.05, 4.69) is 9.71 Å². The number of rotatable bonds is 5. The van der Waals surface area contributed by atoms with Crippen molar-refractivity contribution in [2.24, 2.45) is 4.40 Å². The predicted octanol–water partition coefficient (Wildman–Crippen LogP) is 2.10. The molecule has 2 aliphatic rings. The summed E-state index contributed by atoms with van der Waals surface area (Å²) in [6.45, 7) is 3.33. The fraction of sp³-hybridized carbons (Fsp3) is 0.333. The number of amidine groups is 1. The number of aryl methyl sites for hydroxylation is 1. The van der Waals surface area contributed by atoms with E-state index >= 15 is 0 Å². The lowest BCUT2D eigenvalue weighted by Gasteiger charge is -2.25. The molecule has 2 aromatic carbocycles. The molecule has 8 heteroatoms. The Balaban J connectivity index is 1.39. The number of carbonyl (C=O) groups excluding carboxylic acids is 1. The van der Waals surface area contributed by atoms with E-state index in [0.29, 0.717) is 37.5 Å². The average Bonchev–Trinajstić information content (AvgIpc) is 3.28. The summed E-state index contributed by atoms with van der Waals surface area (Å²) >= 11 is 0. The quantitative estimate of drug-likeness (QED) is 0.759. The Bertz CT molecular complexity index is 1070. The van der Waals surface area contributed by atoms with Crippen molar-refractivity contribution in [3.8, 4) is 5.75 Å². The third kappa shape index (κ3) is 3.98. The van der Waals surface area contributed by atoms with Gasteiger partial charge in [-0.25, -0.2) is 0 Å². The van der Waals surface area contributed by atoms with Crippen LogP contribution in [0.5, 0.6) is 5.75 Å². The summed E-state index contributed by atoms with van der Waals surface area (Å²) in [6.07, 6.45) is 1.46. The number of ether oxygens (including phenoxy) is 1. The van der Waals surface area contributed by atoms with E-state index in [1.54, 1.807) is 29.2 Å². The van der Waals surface area contributed by atoms with Gasteiger partial charge in [-0.3, -0.25) is 4.79 Å². The molecule has 2 heterocycles. The maximum atomic E-state index is 12.7. The van der Waals surface area contributed by atoms with Crippen LogP contribution in [0.4, 0.5) is 0 Å². The Hall–Kier alpha value is -2.87. The SMILES string of the molecule is Cc1cccc(OCCNC(=O)[C@@H]2CCCN2C2=NS(=O)(=O)c3ccccc32)c1. The van der Waals surface area contributed by atoms with Gasteiger partial charge in [-0.2, -0.15) is 8.42 Å². The van der Waals surface area contributed by atoms with Crippen molar-refractivity contribution in [1.29, 1.82) is 0 Å². The van der Waals surface area contributed by atoms with Gasteiger partial charge >= 0.3 is 0 Å². The van der Waals surface area contributed by atoms with E-state index < -0.39 is 16.1 Å². The second-order valence-electron chi connectivity index (χ2n) is 7.19. The van der Waals surface area contributed by atoms with E-state index in [1.165, 1.54) is 0 Å². The van der Waals surface area contributed by atoms with Crippen LogP contribution in [0.15, 0.2) is 57.8 Å². The fourth-order valence-corrected chi connectivity index (χ4v) is 4.97. The van der Waals surface area contributed by atoms with Gasteiger partial charge in [0, 0.05) is 12.1 Å². The number of sulfonamides is 1. The first-order chi connectivity index (χ1) is 14.0. The standard InChI is InChI=1S/C21H23N3O4S/c1-15-6-4-7-16(14-15)28-13-11-22-21(25)18-9-5-12-24(18)20-17-8-2-3-10-19(17)29(26,27)23-20/h2-4,6-8,10,14,18H,5,9,11-13H2,1H3,(H,22,25)/t18-/m0/s1. The minimum atomic E-state index is -3.70. The smallest absolute Gasteiger partial charge is 0.285 e. The molecular formula is C21H23N3O4S. The van der Waals surface area contributed by atoms with E-state index in [4.69, 9.17) is 4.74 Å². The van der Waals surface area contributed by atoms with Crippen LogP contribution in [-0.2, 0) is 14.8 Å². The van der Waals surface area contributed by atoms with Crippen molar-refractivity contribution in [2.45, 2.75) is 30.7 Å². The van der Waals surface area contributed by atoms with Gasteiger partial charge in [-0.1, -0.05) is 24.3 Å². The predicted molar refractivity (Wildman–Crippen MR) is 110 cm³/mol. The van der Waals surface area contributed by atoms with Crippen LogP contribution in [-0.4, -0.2) is 50.8 Å². The molecule has 2 aromatic rings. The lowest BCUT2D eigenvalue weighted by Crippen LogP contribution is -2.46. The topological polar surface area (TPSA) is 88.1 Å². The molecule has 1 N–H and O–H groups in total. The molecule has 4 rings (SSSR count). The Kier molecular flexibility index (Phi) is 5.27. The van der Waals surface area contributed by atoms with Crippen LogP contribution in [0.3, 0.4) is 0 Å². The lowest BCUT2D eigenvalue weighted by molar-refractivity contribution is -0.124. The highest BCUT2D eigenvalue weighted by atomic mass is 32.2. The zero-order valence-electron chi connectivity index (χ0n) is 16.2. The fourth-order valence-electron chi connectivity index (χ4n) is 3.75. The van der Waals surface area contributed by atoms with Crippen LogP contribution in [0.2, 0.25) is 0 Å². The van der Waals surface area contributed by atoms with Gasteiger partial charge in [0.2, 0.25) is 5.91 Å². The van der Waals surface area contributed by atoms with Gasteiger partial charge < -0.3 is 15.0 Å². The van der Waals surface area contributed by atoms with Crippen molar-refractivity contribution in [2.75, 3.05) is 19.7 Å². The molecule has 0 radical (unpaired) electrons. The first-order valence-electron chi connectivity index (χ1n) is 9.64. The van der Waals surface area contributed by atoms with Crippen molar-refractivity contribution in [3.05, 3.63) is 59.7 Å². The summed E-state index contributed by atoms with van der Waals surface area (Å²) in [5.74, 6) is 0.998. The third-order valence-electron chi connectivity index (χ3n) is 5.10. The Morgan fingerprint density at radius 2 is 2.07 bits per heavy atom. The summed E-state index contributed by atoms with van der Waals surface area (Å²) in [6, 6.07) is 14.0. The molecule has 1 fully saturated rings. The summed E-state index contributed by atoms with van der Waals surface area (Å²) in [7, 11) is -3.70. The summed E-state index contributed by atoms with van der Waals surface area (Å²) in [5.41, 5.74) is 1.68. The number of nitrogens with zero attached hydrogens (tertiary/aromatic N) is 2. The number of benzene rings is 2. The van der Waals surface area contributed by atoms with Crippen LogP contribution in [0.25, 0.3) is 0 Å². The molecule has 0 unspecified atom stereocenters. The monoisotopic (exact) mass is 413 g/mol. The number of hydrogen-bond donors (Lipinski definition) is 1. The lowest BCUT2D eigenvalue weighted by atomic mass is 10.1. The molecule has 7 nitrogen and oxygen atoms in total. The summed E-state index contributed by atoms with van der Waals surface area (Å²) < 4.78 is 34.3. The van der Waals surface area contributed by atoms with E-state index in [-0.39, 0.29) is 10.8 Å². The number of nitrogens with one attached hydrogen (secondary N) is 1. The largest absolute Gasteiger partial charge is 0.492 e. The first-order valence-corrected chi connectivity index (χ1v) is 11.1. The number of likely N-dealkylation sites (tertiary alicyclic amines) is 1. The van der Waals surface area contributed by atoms with Gasteiger partial charge in [0.15, 0.2) is 5.84 Å². The molecule has 0 saturated carbocycles. The van der Waals surface area contributed by atoms with Crippen LogP contribution < -0.4 is 10.1 Å². The zero-order chi connectivity index (χ0) is 20.4. The van der Waals surface area contributed by atoms with Gasteiger partial charge in [-0.05, 0) is 49.6 Å². The van der Waals surface area contributed by atoms with Crippen LogP contribution in [0, 0.1) is 6.92 Å². The van der Waals surface area contributed by atoms with E-state index in [9.17, 15) is 13.2 Å². The molecule has 1 amide bonds. The highest BCUT2D eigenvalue weighted by Gasteiger charge is 2.39. The van der Waals surface area contributed by atoms with Crippen molar-refractivity contribution in [1.82, 2.24) is 10.2 Å². The molecule has 0 aliphatic carbocycles. The van der Waals surface area contributed by atoms with E-state index in [0.717, 1.165) is 17.7 Å². The molecule has 0 bridgehead atoms. The van der Waals surface area contributed by atoms with E-state index in [1.807, 2.05) is 31.2 Å². The molecule has 0 aromatic heterocycles. The van der Waals surface area contributed by atoms with Gasteiger partial charge in [0.05, 0.1) is 6.54 Å². The van der Waals surface area contributed by atoms with Gasteiger partial charge in [0.1, 0.15) is 23.3 Å². The number of carbonyl (C=O) groups is 1. The average molecular weight is 413 g/mol. The minimum absolute atomic E-state index is 0.139. The second-order valence-corrected chi connectivity index (χ2v) is 8.77. The molecule has 152 valence electrons. The molecule has 1 saturated heterocycles. The summed E-state index contributed by atoms with van der Waals surface area (Å²) in [5, 5.41) is 2.90. The zero-order valence-corrected chi connectivity index (χ0v) is 17.0. The maximum Gasteiger partial charge on any atom is 0.285 e. The van der Waals surface area contributed by atoms with Crippen molar-refractivity contribution in [3.63, 3.8) is 0 Å². The Labute approximate surface area is 170 Å². The number of hydrogen-bond acceptors (Lipinski definition) is 5. The molecule has 1 atom stereocenters. The van der Waals surface area contributed by atoms with Crippen LogP contribution >= 0.6 is 0 Å². The molecule has 0 spiro atoms. The molecular weight excluding hydrogens is 390 g/mol. The van der Waals surface area contributed by atoms with Crippen LogP contribution in [0.1, 0.15) is 24.0 Å². The van der Waals surface area contributed by atoms with Gasteiger partial charge in [-0.15, -0.1) is 4.40 Å². The number of fused-ring (bicyclic) bond motifs is 1. The second kappa shape index (κ2) is 7.87. The third-order valence-corrected chi connectivity index (χ3v) is 6.42. The molecule has 2 aliphatic heterocycles. The highest BCUT2D eigenvalue weighted by molar-refractivity contribution is 7.90. The summed E-state index contributed by atoms with van der Waals surface area (Å²) in [4.78, 5) is 14.7. The Morgan fingerprint density at radius 3 is 2.90 bits per heavy atom. The maximum absolute atomic E-state index is 12.7. The van der Waals surface area contributed by atoms with Crippen molar-refractivity contribution >= 4 is 21.8 Å².